The Hall–Kier alpha value is -2.70. The maximum Gasteiger partial charge on any atom is 0.573 e. The third kappa shape index (κ3) is 9.67. The molecule has 0 fully saturated rings. The number of nitrogens with two attached hydrogens (primary N) is 1. The number of nitrogens with one attached hydrogen (secondary N) is 2. The monoisotopic (exact) mass is 538 g/mol. The zero-order chi connectivity index (χ0) is 21.3. The fraction of sp³-hybridized carbons (Fsp3) is 0.263. The largest absolute Gasteiger partial charge is 0.573 e. The molecule has 0 unspecified atom stereocenters. The molecule has 0 heterocycles. The van der Waals surface area contributed by atoms with Crippen molar-refractivity contribution in [3.8, 4) is 11.5 Å². The summed E-state index contributed by atoms with van der Waals surface area (Å²) in [7, 11) is 0. The minimum atomic E-state index is -4.74. The summed E-state index contributed by atoms with van der Waals surface area (Å²) in [6, 6.07) is 12.1. The number of ether oxygens (including phenoxy) is 2. The highest BCUT2D eigenvalue weighted by Gasteiger charge is 2.30. The van der Waals surface area contributed by atoms with Gasteiger partial charge in [-0.3, -0.25) is 4.79 Å². The molecule has 30 heavy (non-hydrogen) atoms. The molecular weight excluding hydrogens is 516 g/mol. The third-order valence-electron chi connectivity index (χ3n) is 3.43. The second-order valence-corrected chi connectivity index (χ2v) is 5.79. The molecule has 0 aliphatic rings. The number of halogens is 4. The van der Waals surface area contributed by atoms with Crippen molar-refractivity contribution in [3.63, 3.8) is 0 Å². The van der Waals surface area contributed by atoms with Crippen molar-refractivity contribution in [2.75, 3.05) is 18.5 Å². The Morgan fingerprint density at radius 2 is 1.83 bits per heavy atom. The summed E-state index contributed by atoms with van der Waals surface area (Å²) < 4.78 is 45.7. The van der Waals surface area contributed by atoms with Gasteiger partial charge in [-0.2, -0.15) is 0 Å². The molecule has 0 aromatic heterocycles. The molecule has 2 aromatic carbocycles. The van der Waals surface area contributed by atoms with Crippen LogP contribution < -0.4 is 25.8 Å². The van der Waals surface area contributed by atoms with Gasteiger partial charge in [0.05, 0.1) is 6.54 Å². The van der Waals surface area contributed by atoms with Gasteiger partial charge in [-0.1, -0.05) is 12.1 Å². The van der Waals surface area contributed by atoms with Gasteiger partial charge in [-0.05, 0) is 48.9 Å². The lowest BCUT2D eigenvalue weighted by Crippen LogP contribution is -2.28. The molecule has 2 rings (SSSR count). The molecular formula is C19H22F3IN4O3. The number of guanidine groups is 1. The van der Waals surface area contributed by atoms with E-state index in [-0.39, 0.29) is 54.7 Å². The Morgan fingerprint density at radius 3 is 2.47 bits per heavy atom. The highest BCUT2D eigenvalue weighted by atomic mass is 127. The van der Waals surface area contributed by atoms with E-state index in [4.69, 9.17) is 10.5 Å². The molecule has 1 amide bonds. The lowest BCUT2D eigenvalue weighted by Gasteiger charge is -2.10. The topological polar surface area (TPSA) is 98.0 Å². The summed E-state index contributed by atoms with van der Waals surface area (Å²) in [6.45, 7) is 2.51. The number of likely N-dealkylation sites (N-methyl/N-ethyl adjacent to an activating group) is 1. The molecule has 2 aromatic rings. The van der Waals surface area contributed by atoms with Crippen LogP contribution in [0, 0.1) is 0 Å². The van der Waals surface area contributed by atoms with Crippen molar-refractivity contribution in [2.24, 2.45) is 10.7 Å². The Bertz CT molecular complexity index is 846. The maximum atomic E-state index is 12.2. The van der Waals surface area contributed by atoms with Crippen LogP contribution >= 0.6 is 24.0 Å². The number of carbonyl (C=O) groups excluding carboxylic acids is 1. The number of amides is 1. The maximum absolute atomic E-state index is 12.2. The van der Waals surface area contributed by atoms with E-state index >= 15 is 0 Å². The highest BCUT2D eigenvalue weighted by Crippen LogP contribution is 2.23. The predicted octanol–water partition coefficient (Wildman–Crippen LogP) is 3.64. The number of hydrogen-bond acceptors (Lipinski definition) is 4. The van der Waals surface area contributed by atoms with Crippen molar-refractivity contribution < 1.29 is 27.4 Å². The van der Waals surface area contributed by atoms with Crippen molar-refractivity contribution in [1.82, 2.24) is 5.32 Å². The van der Waals surface area contributed by atoms with Crippen molar-refractivity contribution >= 4 is 41.5 Å². The molecule has 11 heteroatoms. The molecule has 0 aliphatic carbocycles. The fourth-order valence-corrected chi connectivity index (χ4v) is 2.23. The number of aliphatic imine (C=N–C) groups is 1. The van der Waals surface area contributed by atoms with Gasteiger partial charge in [-0.25, -0.2) is 4.99 Å². The molecule has 0 radical (unpaired) electrons. The number of rotatable bonds is 8. The van der Waals surface area contributed by atoms with E-state index in [9.17, 15) is 18.0 Å². The van der Waals surface area contributed by atoms with Gasteiger partial charge in [0.15, 0.2) is 12.6 Å². The normalized spacial score (nSPS) is 11.3. The van der Waals surface area contributed by atoms with Crippen LogP contribution in [0.25, 0.3) is 0 Å². The minimum absolute atomic E-state index is 0. The van der Waals surface area contributed by atoms with Crippen LogP contribution in [-0.4, -0.2) is 31.4 Å². The quantitative estimate of drug-likeness (QED) is 0.271. The van der Waals surface area contributed by atoms with Crippen molar-refractivity contribution in [1.29, 1.82) is 0 Å². The summed E-state index contributed by atoms with van der Waals surface area (Å²) in [5.41, 5.74) is 7.07. The summed E-state index contributed by atoms with van der Waals surface area (Å²) >= 11 is 0. The predicted molar refractivity (Wildman–Crippen MR) is 118 cm³/mol. The third-order valence-corrected chi connectivity index (χ3v) is 3.43. The molecule has 0 aliphatic heterocycles. The standard InChI is InChI=1S/C19H21F3N4O3.HI/c1-2-24-17(27)12-28-16-5-3-4-13(10-16)11-25-18(23)26-14-6-8-15(9-7-14)29-19(20,21)22;/h3-10H,2,11-12H2,1H3,(H,24,27)(H3,23,25,26);1H. The zero-order valence-corrected chi connectivity index (χ0v) is 18.4. The first-order valence-electron chi connectivity index (χ1n) is 8.66. The summed E-state index contributed by atoms with van der Waals surface area (Å²) in [5.74, 6) is 0.0675. The van der Waals surface area contributed by atoms with Crippen molar-refractivity contribution in [3.05, 3.63) is 54.1 Å². The van der Waals surface area contributed by atoms with E-state index in [1.54, 1.807) is 18.2 Å². The van der Waals surface area contributed by atoms with Crippen LogP contribution in [0.1, 0.15) is 12.5 Å². The lowest BCUT2D eigenvalue weighted by molar-refractivity contribution is -0.274. The minimum Gasteiger partial charge on any atom is -0.484 e. The molecule has 4 N–H and O–H groups in total. The van der Waals surface area contributed by atoms with Gasteiger partial charge in [0.1, 0.15) is 11.5 Å². The van der Waals surface area contributed by atoms with Gasteiger partial charge in [0, 0.05) is 12.2 Å². The van der Waals surface area contributed by atoms with Gasteiger partial charge in [0.25, 0.3) is 5.91 Å². The van der Waals surface area contributed by atoms with E-state index in [0.717, 1.165) is 5.56 Å². The average molecular weight is 538 g/mol. The second-order valence-electron chi connectivity index (χ2n) is 5.79. The Balaban J connectivity index is 0.00000450. The molecule has 164 valence electrons. The number of anilines is 1. The van der Waals surface area contributed by atoms with E-state index in [0.29, 0.717) is 18.0 Å². The lowest BCUT2D eigenvalue weighted by atomic mass is 10.2. The molecule has 0 atom stereocenters. The number of hydrogen-bond donors (Lipinski definition) is 3. The summed E-state index contributed by atoms with van der Waals surface area (Å²) in [4.78, 5) is 15.6. The second kappa shape index (κ2) is 12.1. The first-order chi connectivity index (χ1) is 13.7. The number of nitrogens with zero attached hydrogens (tertiary/aromatic N) is 1. The zero-order valence-electron chi connectivity index (χ0n) is 16.0. The number of alkyl halides is 3. The number of benzene rings is 2. The van der Waals surface area contributed by atoms with Gasteiger partial charge in [0.2, 0.25) is 0 Å². The van der Waals surface area contributed by atoms with Gasteiger partial charge >= 0.3 is 6.36 Å². The first-order valence-corrected chi connectivity index (χ1v) is 8.66. The number of carbonyl (C=O) groups is 1. The molecule has 7 nitrogen and oxygen atoms in total. The Labute approximate surface area is 188 Å². The molecule has 0 bridgehead atoms. The van der Waals surface area contributed by atoms with Crippen LogP contribution in [0.2, 0.25) is 0 Å². The van der Waals surface area contributed by atoms with Gasteiger partial charge in [-0.15, -0.1) is 37.1 Å². The fourth-order valence-electron chi connectivity index (χ4n) is 2.23. The summed E-state index contributed by atoms with van der Waals surface area (Å²) in [6.07, 6.45) is -4.74. The van der Waals surface area contributed by atoms with Crippen molar-refractivity contribution in [2.45, 2.75) is 19.8 Å². The molecule has 0 spiro atoms. The van der Waals surface area contributed by atoms with Crippen LogP contribution in [-0.2, 0) is 11.3 Å². The van der Waals surface area contributed by atoms with Gasteiger partial charge < -0.3 is 25.8 Å². The Kier molecular flexibility index (Phi) is 10.2. The molecule has 0 saturated carbocycles. The van der Waals surface area contributed by atoms with Crippen LogP contribution in [0.15, 0.2) is 53.5 Å². The summed E-state index contributed by atoms with van der Waals surface area (Å²) in [5, 5.41) is 5.41. The first kappa shape index (κ1) is 25.3. The van der Waals surface area contributed by atoms with E-state index in [1.165, 1.54) is 24.3 Å². The highest BCUT2D eigenvalue weighted by molar-refractivity contribution is 14.0. The SMILES string of the molecule is CCNC(=O)COc1cccc(CN=C(N)Nc2ccc(OC(F)(F)F)cc2)c1.I. The van der Waals surface area contributed by atoms with E-state index in [1.807, 2.05) is 13.0 Å². The van der Waals surface area contributed by atoms with E-state index in [2.05, 4.69) is 20.4 Å². The van der Waals surface area contributed by atoms with Crippen LogP contribution in [0.3, 0.4) is 0 Å². The van der Waals surface area contributed by atoms with E-state index < -0.39 is 6.36 Å². The molecule has 0 saturated heterocycles. The van der Waals surface area contributed by atoms with Crippen LogP contribution in [0.5, 0.6) is 11.5 Å². The average Bonchev–Trinajstić information content (AvgIpc) is 2.66. The smallest absolute Gasteiger partial charge is 0.484 e. The Morgan fingerprint density at radius 1 is 1.13 bits per heavy atom. The van der Waals surface area contributed by atoms with Crippen LogP contribution in [0.4, 0.5) is 18.9 Å².